The standard InChI is InChI=1S/C12H10Cl2N2O2/c13-6-8(14)5-4-7-2-1-3-9-10(7)11(17)16-12(18)15-9/h1-5,8H,6H2,(H2,15,16,17,18). The summed E-state index contributed by atoms with van der Waals surface area (Å²) in [6.45, 7) is 0. The maximum absolute atomic E-state index is 11.8. The summed E-state index contributed by atoms with van der Waals surface area (Å²) in [5.74, 6) is 0.288. The highest BCUT2D eigenvalue weighted by Gasteiger charge is 2.04. The molecule has 0 radical (unpaired) electrons. The molecule has 0 aliphatic heterocycles. The van der Waals surface area contributed by atoms with Gasteiger partial charge in [0.2, 0.25) is 0 Å². The average Bonchev–Trinajstić information content (AvgIpc) is 2.35. The molecular formula is C12H10Cl2N2O2. The highest BCUT2D eigenvalue weighted by atomic mass is 35.5. The number of alkyl halides is 2. The summed E-state index contributed by atoms with van der Waals surface area (Å²) in [6, 6.07) is 5.19. The highest BCUT2D eigenvalue weighted by Crippen LogP contribution is 2.14. The molecule has 2 rings (SSSR count). The van der Waals surface area contributed by atoms with Gasteiger partial charge in [0.1, 0.15) is 0 Å². The van der Waals surface area contributed by atoms with Crippen LogP contribution in [0.25, 0.3) is 17.0 Å². The molecule has 94 valence electrons. The monoisotopic (exact) mass is 284 g/mol. The van der Waals surface area contributed by atoms with Crippen LogP contribution < -0.4 is 11.2 Å². The molecule has 0 saturated carbocycles. The van der Waals surface area contributed by atoms with Gasteiger partial charge in [-0.05, 0) is 11.6 Å². The zero-order valence-electron chi connectivity index (χ0n) is 9.24. The summed E-state index contributed by atoms with van der Waals surface area (Å²) in [5, 5.41) is 0.121. The summed E-state index contributed by atoms with van der Waals surface area (Å²) in [7, 11) is 0. The molecule has 6 heteroatoms. The van der Waals surface area contributed by atoms with Gasteiger partial charge in [-0.2, -0.15) is 0 Å². The normalized spacial score (nSPS) is 13.2. The van der Waals surface area contributed by atoms with Gasteiger partial charge in [0.05, 0.1) is 16.3 Å². The number of rotatable bonds is 3. The molecule has 0 fully saturated rings. The molecule has 1 unspecified atom stereocenters. The second-order valence-electron chi connectivity index (χ2n) is 3.71. The van der Waals surface area contributed by atoms with Crippen molar-refractivity contribution in [1.82, 2.24) is 9.97 Å². The van der Waals surface area contributed by atoms with E-state index in [9.17, 15) is 9.59 Å². The third-order valence-electron chi connectivity index (χ3n) is 2.43. The molecule has 1 heterocycles. The lowest BCUT2D eigenvalue weighted by atomic mass is 10.1. The molecule has 4 nitrogen and oxygen atoms in total. The van der Waals surface area contributed by atoms with Crippen LogP contribution in [0.3, 0.4) is 0 Å². The molecule has 0 aliphatic rings. The SMILES string of the molecule is O=c1[nH]c(=O)c2c(C=CC(Cl)CCl)cccc2[nH]1. The molecule has 0 amide bonds. The molecule has 18 heavy (non-hydrogen) atoms. The van der Waals surface area contributed by atoms with Crippen LogP contribution in [0.2, 0.25) is 0 Å². The number of benzene rings is 1. The predicted octanol–water partition coefficient (Wildman–Crippen LogP) is 2.08. The van der Waals surface area contributed by atoms with Gasteiger partial charge < -0.3 is 4.98 Å². The van der Waals surface area contributed by atoms with Crippen LogP contribution in [-0.4, -0.2) is 21.2 Å². The number of aromatic nitrogens is 2. The van der Waals surface area contributed by atoms with Crippen molar-refractivity contribution in [2.45, 2.75) is 5.38 Å². The summed E-state index contributed by atoms with van der Waals surface area (Å²) in [5.41, 5.74) is 0.222. The van der Waals surface area contributed by atoms with Crippen LogP contribution in [-0.2, 0) is 0 Å². The van der Waals surface area contributed by atoms with Crippen molar-refractivity contribution in [2.75, 3.05) is 5.88 Å². The lowest BCUT2D eigenvalue weighted by molar-refractivity contribution is 1.08. The maximum Gasteiger partial charge on any atom is 0.326 e. The van der Waals surface area contributed by atoms with E-state index in [1.807, 2.05) is 0 Å². The molecule has 0 bridgehead atoms. The van der Waals surface area contributed by atoms with Crippen LogP contribution in [0.4, 0.5) is 0 Å². The predicted molar refractivity (Wildman–Crippen MR) is 74.6 cm³/mol. The largest absolute Gasteiger partial charge is 0.326 e. The van der Waals surface area contributed by atoms with Gasteiger partial charge in [0, 0.05) is 5.88 Å². The van der Waals surface area contributed by atoms with E-state index in [-0.39, 0.29) is 11.3 Å². The fourth-order valence-electron chi connectivity index (χ4n) is 1.65. The number of hydrogen-bond donors (Lipinski definition) is 2. The smallest absolute Gasteiger partial charge is 0.307 e. The molecule has 0 spiro atoms. The van der Waals surface area contributed by atoms with Crippen molar-refractivity contribution >= 4 is 40.2 Å². The minimum absolute atomic E-state index is 0.288. The second-order valence-corrected chi connectivity index (χ2v) is 4.58. The second kappa shape index (κ2) is 5.42. The summed E-state index contributed by atoms with van der Waals surface area (Å²) in [4.78, 5) is 27.7. The van der Waals surface area contributed by atoms with Crippen molar-refractivity contribution in [3.05, 3.63) is 50.7 Å². The van der Waals surface area contributed by atoms with Gasteiger partial charge in [-0.3, -0.25) is 9.78 Å². The van der Waals surface area contributed by atoms with E-state index < -0.39 is 11.2 Å². The van der Waals surface area contributed by atoms with E-state index in [4.69, 9.17) is 23.2 Å². The molecule has 1 aromatic carbocycles. The van der Waals surface area contributed by atoms with E-state index in [1.54, 1.807) is 30.4 Å². The first-order valence-electron chi connectivity index (χ1n) is 5.25. The molecule has 0 saturated heterocycles. The number of halogens is 2. The number of hydrogen-bond acceptors (Lipinski definition) is 2. The topological polar surface area (TPSA) is 65.7 Å². The van der Waals surface area contributed by atoms with Gasteiger partial charge in [0.15, 0.2) is 0 Å². The Balaban J connectivity index is 2.62. The summed E-state index contributed by atoms with van der Waals surface area (Å²) < 4.78 is 0. The molecule has 2 aromatic rings. The van der Waals surface area contributed by atoms with Crippen LogP contribution in [0.15, 0.2) is 33.9 Å². The van der Waals surface area contributed by atoms with Crippen LogP contribution >= 0.6 is 23.2 Å². The van der Waals surface area contributed by atoms with E-state index in [0.29, 0.717) is 16.5 Å². The van der Waals surface area contributed by atoms with Crippen molar-refractivity contribution in [1.29, 1.82) is 0 Å². The quantitative estimate of drug-likeness (QED) is 0.848. The summed E-state index contributed by atoms with van der Waals surface area (Å²) >= 11 is 11.5. The lowest BCUT2D eigenvalue weighted by Gasteiger charge is -2.01. The maximum atomic E-state index is 11.8. The molecule has 2 N–H and O–H groups in total. The fourth-order valence-corrected chi connectivity index (χ4v) is 1.82. The molecular weight excluding hydrogens is 275 g/mol. The first-order chi connectivity index (χ1) is 8.61. The van der Waals surface area contributed by atoms with Gasteiger partial charge in [-0.1, -0.05) is 24.3 Å². The zero-order chi connectivity index (χ0) is 13.1. The van der Waals surface area contributed by atoms with E-state index >= 15 is 0 Å². The van der Waals surface area contributed by atoms with Gasteiger partial charge in [-0.25, -0.2) is 4.79 Å². The number of allylic oxidation sites excluding steroid dienone is 1. The first kappa shape index (κ1) is 12.9. The Hall–Kier alpha value is -1.52. The van der Waals surface area contributed by atoms with E-state index in [1.165, 1.54) is 0 Å². The van der Waals surface area contributed by atoms with Crippen molar-refractivity contribution in [2.24, 2.45) is 0 Å². The van der Waals surface area contributed by atoms with Crippen LogP contribution in [0, 0.1) is 0 Å². The van der Waals surface area contributed by atoms with Crippen LogP contribution in [0.1, 0.15) is 5.56 Å². The molecule has 1 aromatic heterocycles. The minimum Gasteiger partial charge on any atom is -0.307 e. The Kier molecular flexibility index (Phi) is 3.89. The van der Waals surface area contributed by atoms with Crippen molar-refractivity contribution in [3.8, 4) is 0 Å². The fraction of sp³-hybridized carbons (Fsp3) is 0.167. The van der Waals surface area contributed by atoms with Gasteiger partial charge in [0.25, 0.3) is 5.56 Å². The Morgan fingerprint density at radius 3 is 2.78 bits per heavy atom. The molecule has 0 aliphatic carbocycles. The van der Waals surface area contributed by atoms with Crippen LogP contribution in [0.5, 0.6) is 0 Å². The average molecular weight is 285 g/mol. The van der Waals surface area contributed by atoms with E-state index in [2.05, 4.69) is 9.97 Å². The Bertz CT molecular complexity index is 703. The van der Waals surface area contributed by atoms with Gasteiger partial charge >= 0.3 is 5.69 Å². The lowest BCUT2D eigenvalue weighted by Crippen LogP contribution is -2.22. The number of aromatic amines is 2. The first-order valence-corrected chi connectivity index (χ1v) is 6.22. The van der Waals surface area contributed by atoms with Crippen molar-refractivity contribution in [3.63, 3.8) is 0 Å². The summed E-state index contributed by atoms with van der Waals surface area (Å²) in [6.07, 6.45) is 3.42. The molecule has 1 atom stereocenters. The number of H-pyrrole nitrogens is 2. The van der Waals surface area contributed by atoms with Crippen molar-refractivity contribution < 1.29 is 0 Å². The van der Waals surface area contributed by atoms with E-state index in [0.717, 1.165) is 0 Å². The van der Waals surface area contributed by atoms with Gasteiger partial charge in [-0.15, -0.1) is 23.2 Å². The Morgan fingerprint density at radius 2 is 2.06 bits per heavy atom. The highest BCUT2D eigenvalue weighted by molar-refractivity contribution is 6.29. The number of fused-ring (bicyclic) bond motifs is 1. The third kappa shape index (κ3) is 2.66. The Labute approximate surface area is 112 Å². The third-order valence-corrected chi connectivity index (χ3v) is 3.22. The zero-order valence-corrected chi connectivity index (χ0v) is 10.8. The minimum atomic E-state index is -0.524. The Morgan fingerprint density at radius 1 is 1.28 bits per heavy atom. The number of nitrogens with one attached hydrogen (secondary N) is 2.